The van der Waals surface area contributed by atoms with Crippen molar-refractivity contribution in [3.05, 3.63) is 0 Å². The van der Waals surface area contributed by atoms with Crippen LogP contribution in [0.25, 0.3) is 0 Å². The Balaban J connectivity index is 0. The lowest BCUT2D eigenvalue weighted by molar-refractivity contribution is 0.0621. The van der Waals surface area contributed by atoms with Crippen LogP contribution in [0.2, 0.25) is 6.55 Å². The second kappa shape index (κ2) is 16.9. The summed E-state index contributed by atoms with van der Waals surface area (Å²) in [6, 6.07) is 0. The third kappa shape index (κ3) is 9.46. The summed E-state index contributed by atoms with van der Waals surface area (Å²) in [6.07, 6.45) is 4.49. The van der Waals surface area contributed by atoms with Gasteiger partial charge in [0.25, 0.3) is 0 Å². The van der Waals surface area contributed by atoms with Crippen LogP contribution in [0, 0.1) is 0 Å². The number of nitrogens with zero attached hydrogens (tertiary/aromatic N) is 2. The van der Waals surface area contributed by atoms with Gasteiger partial charge in [-0.2, -0.15) is 4.99 Å². The molecular weight excluding hydrogens is 400 g/mol. The van der Waals surface area contributed by atoms with E-state index in [-0.39, 0.29) is 11.3 Å². The highest BCUT2D eigenvalue weighted by molar-refractivity contribution is 6.67. The van der Waals surface area contributed by atoms with Gasteiger partial charge in [0, 0.05) is 34.0 Å². The van der Waals surface area contributed by atoms with Gasteiger partial charge in [0.2, 0.25) is 12.2 Å². The largest absolute Gasteiger partial charge is 0.527 e. The van der Waals surface area contributed by atoms with Gasteiger partial charge in [0.05, 0.1) is 0 Å². The first-order valence-electron chi connectivity index (χ1n) is 9.50. The van der Waals surface area contributed by atoms with Gasteiger partial charge in [-0.1, -0.05) is 13.8 Å². The van der Waals surface area contributed by atoms with Crippen molar-refractivity contribution in [2.45, 2.75) is 65.3 Å². The van der Waals surface area contributed by atoms with Crippen LogP contribution in [0.5, 0.6) is 0 Å². The van der Waals surface area contributed by atoms with Gasteiger partial charge >= 0.3 is 17.4 Å². The number of carbonyl (C=O) groups excluding carboxylic acids is 2. The molecule has 0 spiro atoms. The fraction of sp³-hybridized carbons (Fsp3) is 0.882. The van der Waals surface area contributed by atoms with Crippen LogP contribution < -0.4 is 0 Å². The van der Waals surface area contributed by atoms with E-state index in [2.05, 4.69) is 9.98 Å². The third-order valence-electron chi connectivity index (χ3n) is 4.05. The molecule has 0 aromatic carbocycles. The van der Waals surface area contributed by atoms with Crippen LogP contribution in [0.4, 0.5) is 0 Å². The molecule has 0 saturated carbocycles. The molecule has 0 rings (SSSR count). The topological polar surface area (TPSA) is 105 Å². The van der Waals surface area contributed by atoms with Gasteiger partial charge < -0.3 is 22.1 Å². The molecule has 0 aliphatic rings. The predicted molar refractivity (Wildman–Crippen MR) is 111 cm³/mol. The molecule has 2 atom stereocenters. The van der Waals surface area contributed by atoms with E-state index in [1.807, 2.05) is 41.2 Å². The molecule has 164 valence electrons. The molecule has 0 radical (unpaired) electrons. The first-order valence-corrected chi connectivity index (χ1v) is 13.7. The summed E-state index contributed by atoms with van der Waals surface area (Å²) in [6.45, 7) is 12.8. The van der Waals surface area contributed by atoms with E-state index in [4.69, 9.17) is 22.1 Å². The number of aliphatic imine (C=N–C) groups is 2. The van der Waals surface area contributed by atoms with Crippen LogP contribution in [-0.4, -0.2) is 74.9 Å². The first kappa shape index (κ1) is 29.2. The van der Waals surface area contributed by atoms with Crippen molar-refractivity contribution in [2.75, 3.05) is 34.0 Å². The fourth-order valence-corrected chi connectivity index (χ4v) is 6.98. The summed E-state index contributed by atoms with van der Waals surface area (Å²) in [7, 11) is -1.99. The van der Waals surface area contributed by atoms with Gasteiger partial charge in [-0.15, -0.1) is 0 Å². The minimum Gasteiger partial charge on any atom is -0.397 e. The average molecular weight is 437 g/mol. The lowest BCUT2D eigenvalue weighted by atomic mass is 10.5. The summed E-state index contributed by atoms with van der Waals surface area (Å²) in [5.41, 5.74) is -0.519. The second-order valence-corrected chi connectivity index (χ2v) is 11.9. The Morgan fingerprint density at radius 3 is 1.36 bits per heavy atom. The summed E-state index contributed by atoms with van der Waals surface area (Å²) in [4.78, 5) is 27.9. The van der Waals surface area contributed by atoms with Crippen LogP contribution in [0.1, 0.15) is 47.5 Å². The third-order valence-corrected chi connectivity index (χ3v) is 10.8. The Labute approximate surface area is 171 Å². The van der Waals surface area contributed by atoms with Crippen LogP contribution in [0.3, 0.4) is 0 Å². The minimum absolute atomic E-state index is 0.162. The van der Waals surface area contributed by atoms with Crippen molar-refractivity contribution in [2.24, 2.45) is 9.98 Å². The molecule has 0 N–H and O–H groups in total. The molecule has 9 nitrogen and oxygen atoms in total. The SMILES string of the molecule is CCC(N=C=O)[Si](C)(OC)OC.CCO[Si](OCC)(OCC)C(CC)N=C=O. The van der Waals surface area contributed by atoms with E-state index in [1.54, 1.807) is 26.4 Å². The van der Waals surface area contributed by atoms with Crippen molar-refractivity contribution in [3.63, 3.8) is 0 Å². The second-order valence-electron chi connectivity index (χ2n) is 5.62. The van der Waals surface area contributed by atoms with Crippen LogP contribution in [-0.2, 0) is 31.7 Å². The Kier molecular flexibility index (Phi) is 17.6. The van der Waals surface area contributed by atoms with E-state index < -0.39 is 17.4 Å². The average Bonchev–Trinajstić information content (AvgIpc) is 2.70. The Hall–Kier alpha value is -1.01. The zero-order chi connectivity index (χ0) is 22.1. The van der Waals surface area contributed by atoms with Crippen molar-refractivity contribution >= 4 is 29.5 Å². The van der Waals surface area contributed by atoms with E-state index in [9.17, 15) is 9.59 Å². The lowest BCUT2D eigenvalue weighted by Gasteiger charge is -2.31. The zero-order valence-corrected chi connectivity index (χ0v) is 20.4. The molecule has 0 amide bonds. The molecular formula is C17H36N2O7Si2. The van der Waals surface area contributed by atoms with Gasteiger partial charge in [-0.25, -0.2) is 14.6 Å². The smallest absolute Gasteiger partial charge is 0.397 e. The van der Waals surface area contributed by atoms with Crippen molar-refractivity contribution in [1.29, 1.82) is 0 Å². The van der Waals surface area contributed by atoms with Gasteiger partial charge in [-0.05, 0) is 40.2 Å². The summed E-state index contributed by atoms with van der Waals surface area (Å²) < 4.78 is 27.4. The highest BCUT2D eigenvalue weighted by Gasteiger charge is 2.49. The van der Waals surface area contributed by atoms with E-state index in [0.717, 1.165) is 6.42 Å². The summed E-state index contributed by atoms with van der Waals surface area (Å²) in [5, 5.41) is 0. The van der Waals surface area contributed by atoms with Gasteiger partial charge in [0.1, 0.15) is 11.3 Å². The molecule has 0 aromatic rings. The van der Waals surface area contributed by atoms with Gasteiger partial charge in [-0.3, -0.25) is 0 Å². The van der Waals surface area contributed by atoms with Crippen molar-refractivity contribution in [1.82, 2.24) is 0 Å². The fourth-order valence-electron chi connectivity index (χ4n) is 2.50. The molecule has 11 heteroatoms. The summed E-state index contributed by atoms with van der Waals surface area (Å²) in [5.74, 6) is 0. The Morgan fingerprint density at radius 2 is 1.11 bits per heavy atom. The quantitative estimate of drug-likeness (QED) is 0.234. The number of hydrogen-bond donors (Lipinski definition) is 0. The maximum absolute atomic E-state index is 10.4. The maximum Gasteiger partial charge on any atom is 0.527 e. The Bertz CT molecular complexity index is 477. The maximum atomic E-state index is 10.4. The van der Waals surface area contributed by atoms with Crippen molar-refractivity contribution < 1.29 is 31.7 Å². The van der Waals surface area contributed by atoms with Gasteiger partial charge in [0.15, 0.2) is 0 Å². The zero-order valence-electron chi connectivity index (χ0n) is 18.4. The summed E-state index contributed by atoms with van der Waals surface area (Å²) >= 11 is 0. The molecule has 0 aliphatic carbocycles. The number of rotatable bonds is 14. The molecule has 0 saturated heterocycles. The Morgan fingerprint density at radius 1 is 0.750 bits per heavy atom. The molecule has 2 unspecified atom stereocenters. The van der Waals surface area contributed by atoms with Crippen molar-refractivity contribution in [3.8, 4) is 0 Å². The normalized spacial score (nSPS) is 13.4. The standard InChI is InChI=1S/C10H21NO4Si.C7H15NO3Si/c1-5-10(11-9-12)16(13-6-2,14-7-3)15-8-4;1-5-7(8-6-9)12(4,10-2)11-3/h10H,5-8H2,1-4H3;7H,5H2,1-4H3. The monoisotopic (exact) mass is 436 g/mol. The molecule has 0 aromatic heterocycles. The van der Waals surface area contributed by atoms with E-state index in [1.165, 1.54) is 0 Å². The highest BCUT2D eigenvalue weighted by Crippen LogP contribution is 2.20. The molecule has 0 fully saturated rings. The van der Waals surface area contributed by atoms with Crippen LogP contribution in [0.15, 0.2) is 9.98 Å². The predicted octanol–water partition coefficient (Wildman–Crippen LogP) is 2.69. The molecule has 0 bridgehead atoms. The first-order chi connectivity index (χ1) is 13.3. The molecule has 28 heavy (non-hydrogen) atoms. The molecule has 0 heterocycles. The minimum atomic E-state index is -2.88. The van der Waals surface area contributed by atoms with Crippen LogP contribution >= 0.6 is 0 Å². The lowest BCUT2D eigenvalue weighted by Crippen LogP contribution is -2.55. The highest BCUT2D eigenvalue weighted by atomic mass is 28.4. The molecule has 0 aliphatic heterocycles. The number of hydrogen-bond acceptors (Lipinski definition) is 9. The number of isocyanates is 2. The van der Waals surface area contributed by atoms with E-state index in [0.29, 0.717) is 26.2 Å². The van der Waals surface area contributed by atoms with E-state index >= 15 is 0 Å².